The van der Waals surface area contributed by atoms with Crippen LogP contribution in [0.1, 0.15) is 31.9 Å². The van der Waals surface area contributed by atoms with E-state index in [2.05, 4.69) is 5.32 Å². The lowest BCUT2D eigenvalue weighted by Crippen LogP contribution is -2.56. The van der Waals surface area contributed by atoms with E-state index in [4.69, 9.17) is 34.8 Å². The molecule has 0 heterocycles. The van der Waals surface area contributed by atoms with Crippen molar-refractivity contribution in [3.05, 3.63) is 99.0 Å². The topological polar surface area (TPSA) is 86.8 Å². The summed E-state index contributed by atoms with van der Waals surface area (Å²) in [4.78, 5) is 29.2. The van der Waals surface area contributed by atoms with Crippen LogP contribution < -0.4 is 9.62 Å². The molecular formula is C29H32Cl3N3O4S. The predicted octanol–water partition coefficient (Wildman–Crippen LogP) is 5.97. The van der Waals surface area contributed by atoms with Crippen LogP contribution in [0.5, 0.6) is 0 Å². The van der Waals surface area contributed by atoms with E-state index in [-0.39, 0.29) is 34.6 Å². The minimum absolute atomic E-state index is 0.0337. The molecular weight excluding hydrogens is 593 g/mol. The van der Waals surface area contributed by atoms with E-state index in [9.17, 15) is 18.0 Å². The van der Waals surface area contributed by atoms with Gasteiger partial charge in [0.25, 0.3) is 0 Å². The van der Waals surface area contributed by atoms with Crippen molar-refractivity contribution in [2.75, 3.05) is 17.1 Å². The molecule has 0 aromatic heterocycles. The molecule has 7 nitrogen and oxygen atoms in total. The molecule has 3 aromatic rings. The maximum atomic E-state index is 14.1. The summed E-state index contributed by atoms with van der Waals surface area (Å²) < 4.78 is 26.7. The fourth-order valence-corrected chi connectivity index (χ4v) is 5.48. The maximum Gasteiger partial charge on any atom is 0.244 e. The Morgan fingerprint density at radius 2 is 1.48 bits per heavy atom. The molecule has 214 valence electrons. The molecule has 3 rings (SSSR count). The molecule has 0 spiro atoms. The third-order valence-electron chi connectivity index (χ3n) is 5.89. The van der Waals surface area contributed by atoms with Gasteiger partial charge in [-0.05, 0) is 62.2 Å². The van der Waals surface area contributed by atoms with E-state index < -0.39 is 34.1 Å². The number of anilines is 1. The van der Waals surface area contributed by atoms with Gasteiger partial charge in [-0.3, -0.25) is 13.9 Å². The summed E-state index contributed by atoms with van der Waals surface area (Å²) in [6, 6.07) is 19.6. The zero-order chi connectivity index (χ0) is 29.7. The van der Waals surface area contributed by atoms with Crippen molar-refractivity contribution in [1.29, 1.82) is 0 Å². The van der Waals surface area contributed by atoms with E-state index in [0.717, 1.165) is 16.1 Å². The van der Waals surface area contributed by atoms with Crippen LogP contribution in [-0.2, 0) is 32.6 Å². The van der Waals surface area contributed by atoms with Gasteiger partial charge in [-0.2, -0.15) is 0 Å². The molecule has 0 aliphatic heterocycles. The van der Waals surface area contributed by atoms with Crippen molar-refractivity contribution in [3.63, 3.8) is 0 Å². The monoisotopic (exact) mass is 623 g/mol. The third-order valence-corrected chi connectivity index (χ3v) is 7.82. The Morgan fingerprint density at radius 1 is 0.875 bits per heavy atom. The van der Waals surface area contributed by atoms with Gasteiger partial charge >= 0.3 is 0 Å². The average molecular weight is 625 g/mol. The number of hydrogen-bond donors (Lipinski definition) is 1. The molecule has 1 N–H and O–H groups in total. The van der Waals surface area contributed by atoms with Crippen LogP contribution >= 0.6 is 34.8 Å². The lowest BCUT2D eigenvalue weighted by Gasteiger charge is -2.35. The summed E-state index contributed by atoms with van der Waals surface area (Å²) in [5.41, 5.74) is 1.04. The van der Waals surface area contributed by atoms with Crippen LogP contribution in [0, 0.1) is 0 Å². The van der Waals surface area contributed by atoms with Gasteiger partial charge in [-0.15, -0.1) is 0 Å². The van der Waals surface area contributed by atoms with Crippen molar-refractivity contribution in [2.24, 2.45) is 0 Å². The summed E-state index contributed by atoms with van der Waals surface area (Å²) in [7, 11) is -3.97. The molecule has 0 saturated carbocycles. The normalized spacial score (nSPS) is 12.5. The van der Waals surface area contributed by atoms with Gasteiger partial charge in [0.1, 0.15) is 12.6 Å². The summed E-state index contributed by atoms with van der Waals surface area (Å²) in [6.45, 7) is 4.99. The molecule has 0 fully saturated rings. The van der Waals surface area contributed by atoms with Crippen molar-refractivity contribution >= 4 is 62.3 Å². The molecule has 3 aromatic carbocycles. The van der Waals surface area contributed by atoms with Gasteiger partial charge < -0.3 is 10.2 Å². The van der Waals surface area contributed by atoms with Crippen LogP contribution in [0.25, 0.3) is 0 Å². The fourth-order valence-electron chi connectivity index (χ4n) is 4.07. The fraction of sp³-hybridized carbons (Fsp3) is 0.310. The van der Waals surface area contributed by atoms with Crippen molar-refractivity contribution in [2.45, 2.75) is 45.3 Å². The van der Waals surface area contributed by atoms with Crippen LogP contribution in [-0.4, -0.2) is 49.5 Å². The molecule has 0 bridgehead atoms. The van der Waals surface area contributed by atoms with E-state index >= 15 is 0 Å². The van der Waals surface area contributed by atoms with Crippen LogP contribution in [0.3, 0.4) is 0 Å². The molecule has 11 heteroatoms. The van der Waals surface area contributed by atoms with Crippen molar-refractivity contribution in [3.8, 4) is 0 Å². The largest absolute Gasteiger partial charge is 0.350 e. The minimum atomic E-state index is -3.97. The molecule has 0 saturated heterocycles. The first-order valence-electron chi connectivity index (χ1n) is 12.5. The number of amides is 2. The Bertz CT molecular complexity index is 1440. The molecule has 2 amide bonds. The second-order valence-electron chi connectivity index (χ2n) is 10.5. The highest BCUT2D eigenvalue weighted by molar-refractivity contribution is 7.92. The molecule has 1 unspecified atom stereocenters. The van der Waals surface area contributed by atoms with Gasteiger partial charge in [0.15, 0.2) is 0 Å². The smallest absolute Gasteiger partial charge is 0.244 e. The Labute approximate surface area is 251 Å². The Morgan fingerprint density at radius 3 is 2.05 bits per heavy atom. The average Bonchev–Trinajstić information content (AvgIpc) is 2.86. The zero-order valence-corrected chi connectivity index (χ0v) is 25.8. The first-order chi connectivity index (χ1) is 18.6. The standard InChI is InChI=1S/C29H32Cl3N3O4S/c1-29(2,3)33-28(37)26(16-20-8-6-5-7-9-20)34(18-21-10-12-22(30)13-11-21)27(36)19-35(40(4,38)39)25-17-23(31)14-15-24(25)32/h5-15,17,26H,16,18-19H2,1-4H3,(H,33,37). The van der Waals surface area contributed by atoms with E-state index in [1.165, 1.54) is 23.1 Å². The summed E-state index contributed by atoms with van der Waals surface area (Å²) in [5, 5.41) is 3.86. The van der Waals surface area contributed by atoms with E-state index in [1.807, 2.05) is 51.1 Å². The highest BCUT2D eigenvalue weighted by atomic mass is 35.5. The van der Waals surface area contributed by atoms with Crippen molar-refractivity contribution < 1.29 is 18.0 Å². The number of carbonyl (C=O) groups excluding carboxylic acids is 2. The number of nitrogens with zero attached hydrogens (tertiary/aromatic N) is 2. The van der Waals surface area contributed by atoms with Gasteiger partial charge in [0, 0.05) is 28.5 Å². The second kappa shape index (κ2) is 13.3. The van der Waals surface area contributed by atoms with Crippen LogP contribution in [0.15, 0.2) is 72.8 Å². The lowest BCUT2D eigenvalue weighted by molar-refractivity contribution is -0.140. The summed E-state index contributed by atoms with van der Waals surface area (Å²) in [6.07, 6.45) is 1.19. The van der Waals surface area contributed by atoms with Crippen LogP contribution in [0.4, 0.5) is 5.69 Å². The highest BCUT2D eigenvalue weighted by Gasteiger charge is 2.34. The number of hydrogen-bond acceptors (Lipinski definition) is 4. The number of halogens is 3. The van der Waals surface area contributed by atoms with Gasteiger partial charge in [-0.25, -0.2) is 8.42 Å². The van der Waals surface area contributed by atoms with Crippen LogP contribution in [0.2, 0.25) is 15.1 Å². The Hall–Kier alpha value is -2.78. The predicted molar refractivity (Wildman–Crippen MR) is 162 cm³/mol. The number of nitrogens with one attached hydrogen (secondary N) is 1. The van der Waals surface area contributed by atoms with Crippen molar-refractivity contribution in [1.82, 2.24) is 10.2 Å². The molecule has 0 aliphatic rings. The number of benzene rings is 3. The molecule has 1 atom stereocenters. The first-order valence-corrected chi connectivity index (χ1v) is 15.4. The van der Waals surface area contributed by atoms with Gasteiger partial charge in [0.2, 0.25) is 21.8 Å². The molecule has 0 aliphatic carbocycles. The van der Waals surface area contributed by atoms with Gasteiger partial charge in [-0.1, -0.05) is 77.3 Å². The quantitative estimate of drug-likeness (QED) is 0.301. The third kappa shape index (κ3) is 9.13. The molecule has 0 radical (unpaired) electrons. The second-order valence-corrected chi connectivity index (χ2v) is 13.6. The van der Waals surface area contributed by atoms with E-state index in [0.29, 0.717) is 10.6 Å². The SMILES string of the molecule is CC(C)(C)NC(=O)C(Cc1ccccc1)N(Cc1ccc(Cl)cc1)C(=O)CN(c1cc(Cl)ccc1Cl)S(C)(=O)=O. The minimum Gasteiger partial charge on any atom is -0.350 e. The van der Waals surface area contributed by atoms with E-state index in [1.54, 1.807) is 24.3 Å². The number of sulfonamides is 1. The Kier molecular flexibility index (Phi) is 10.5. The first kappa shape index (κ1) is 31.7. The zero-order valence-electron chi connectivity index (χ0n) is 22.7. The number of rotatable bonds is 10. The maximum absolute atomic E-state index is 14.1. The van der Waals surface area contributed by atoms with Gasteiger partial charge in [0.05, 0.1) is 17.0 Å². The Balaban J connectivity index is 2.09. The number of carbonyl (C=O) groups is 2. The highest BCUT2D eigenvalue weighted by Crippen LogP contribution is 2.31. The lowest BCUT2D eigenvalue weighted by atomic mass is 10.0. The summed E-state index contributed by atoms with van der Waals surface area (Å²) >= 11 is 18.5. The molecule has 40 heavy (non-hydrogen) atoms. The summed E-state index contributed by atoms with van der Waals surface area (Å²) in [5.74, 6) is -0.966.